The van der Waals surface area contributed by atoms with E-state index in [4.69, 9.17) is 17.3 Å². The van der Waals surface area contributed by atoms with Gasteiger partial charge in [-0.15, -0.1) is 11.3 Å². The van der Waals surface area contributed by atoms with Gasteiger partial charge in [-0.25, -0.2) is 0 Å². The molecule has 0 radical (unpaired) electrons. The predicted molar refractivity (Wildman–Crippen MR) is 84.9 cm³/mol. The molecule has 2 aromatic rings. The van der Waals surface area contributed by atoms with Gasteiger partial charge in [0.1, 0.15) is 0 Å². The lowest BCUT2D eigenvalue weighted by Crippen LogP contribution is -2.15. The quantitative estimate of drug-likeness (QED) is 0.867. The van der Waals surface area contributed by atoms with Crippen LogP contribution in [0.2, 0.25) is 5.02 Å². The maximum Gasteiger partial charge on any atom is 0.0850 e. The van der Waals surface area contributed by atoms with E-state index >= 15 is 0 Å². The highest BCUT2D eigenvalue weighted by atomic mass is 79.9. The monoisotopic (exact) mass is 361 g/mol. The van der Waals surface area contributed by atoms with Gasteiger partial charge in [-0.3, -0.25) is 4.68 Å². The molecule has 104 valence electrons. The van der Waals surface area contributed by atoms with Gasteiger partial charge >= 0.3 is 0 Å². The normalized spacial score (nSPS) is 12.9. The first kappa shape index (κ1) is 15.0. The number of aromatic nitrogens is 2. The van der Waals surface area contributed by atoms with Crippen molar-refractivity contribution in [2.75, 3.05) is 0 Å². The lowest BCUT2D eigenvalue weighted by molar-refractivity contribution is 0.587. The summed E-state index contributed by atoms with van der Waals surface area (Å²) in [5.74, 6) is 0. The molecule has 2 rings (SSSR count). The van der Waals surface area contributed by atoms with Crippen molar-refractivity contribution in [1.82, 2.24) is 9.78 Å². The fourth-order valence-corrected chi connectivity index (χ4v) is 4.10. The number of nitrogens with two attached hydrogens (primary N) is 1. The highest BCUT2D eigenvalue weighted by molar-refractivity contribution is 9.10. The summed E-state index contributed by atoms with van der Waals surface area (Å²) in [6, 6.07) is 1.97. The van der Waals surface area contributed by atoms with Crippen LogP contribution in [-0.4, -0.2) is 9.78 Å². The van der Waals surface area contributed by atoms with Crippen LogP contribution >= 0.6 is 38.9 Å². The third-order valence-corrected chi connectivity index (χ3v) is 5.53. The molecule has 0 saturated heterocycles. The van der Waals surface area contributed by atoms with Crippen LogP contribution in [0.1, 0.15) is 36.2 Å². The Morgan fingerprint density at radius 3 is 2.79 bits per heavy atom. The maximum absolute atomic E-state index is 6.41. The van der Waals surface area contributed by atoms with Gasteiger partial charge in [0.15, 0.2) is 0 Å². The molecule has 0 saturated carbocycles. The van der Waals surface area contributed by atoms with Crippen molar-refractivity contribution in [2.45, 2.75) is 39.3 Å². The molecule has 2 heterocycles. The fourth-order valence-electron chi connectivity index (χ4n) is 2.08. The molecule has 19 heavy (non-hydrogen) atoms. The Hall–Kier alpha value is -0.360. The van der Waals surface area contributed by atoms with Crippen molar-refractivity contribution < 1.29 is 0 Å². The molecule has 0 aromatic carbocycles. The van der Waals surface area contributed by atoms with Gasteiger partial charge in [-0.2, -0.15) is 5.10 Å². The first-order chi connectivity index (χ1) is 9.08. The van der Waals surface area contributed by atoms with Gasteiger partial charge in [-0.1, -0.05) is 18.5 Å². The van der Waals surface area contributed by atoms with Crippen LogP contribution in [-0.2, 0) is 19.4 Å². The molecule has 0 bridgehead atoms. The number of thiophene rings is 1. The van der Waals surface area contributed by atoms with Gasteiger partial charge in [0.05, 0.1) is 16.4 Å². The molecule has 0 fully saturated rings. The molecule has 3 nitrogen and oxygen atoms in total. The van der Waals surface area contributed by atoms with E-state index < -0.39 is 0 Å². The van der Waals surface area contributed by atoms with Crippen LogP contribution in [0.4, 0.5) is 0 Å². The smallest absolute Gasteiger partial charge is 0.0850 e. The number of hydrogen-bond acceptors (Lipinski definition) is 3. The van der Waals surface area contributed by atoms with E-state index in [1.807, 2.05) is 16.1 Å². The summed E-state index contributed by atoms with van der Waals surface area (Å²) < 4.78 is 3.03. The SMILES string of the molecule is CCc1nn(CC)c(CC(N)c2sccc2Br)c1Cl. The average molecular weight is 363 g/mol. The topological polar surface area (TPSA) is 43.8 Å². The lowest BCUT2D eigenvalue weighted by atomic mass is 10.1. The van der Waals surface area contributed by atoms with Crippen LogP contribution in [0.15, 0.2) is 15.9 Å². The first-order valence-corrected chi connectivity index (χ1v) is 8.36. The lowest BCUT2D eigenvalue weighted by Gasteiger charge is -2.12. The second kappa shape index (κ2) is 6.39. The van der Waals surface area contributed by atoms with Gasteiger partial charge in [0.25, 0.3) is 0 Å². The first-order valence-electron chi connectivity index (χ1n) is 6.30. The highest BCUT2D eigenvalue weighted by Gasteiger charge is 2.19. The zero-order valence-electron chi connectivity index (χ0n) is 11.0. The van der Waals surface area contributed by atoms with Crippen molar-refractivity contribution in [2.24, 2.45) is 5.73 Å². The number of nitrogens with zero attached hydrogens (tertiary/aromatic N) is 2. The van der Waals surface area contributed by atoms with Crippen molar-refractivity contribution in [1.29, 1.82) is 0 Å². The highest BCUT2D eigenvalue weighted by Crippen LogP contribution is 2.32. The van der Waals surface area contributed by atoms with Crippen LogP contribution in [0.3, 0.4) is 0 Å². The Kier molecular flexibility index (Phi) is 5.06. The maximum atomic E-state index is 6.41. The Morgan fingerprint density at radius 2 is 2.26 bits per heavy atom. The summed E-state index contributed by atoms with van der Waals surface area (Å²) in [5.41, 5.74) is 8.29. The van der Waals surface area contributed by atoms with E-state index in [1.165, 1.54) is 0 Å². The molecule has 0 spiro atoms. The van der Waals surface area contributed by atoms with Crippen molar-refractivity contribution in [3.05, 3.63) is 37.2 Å². The summed E-state index contributed by atoms with van der Waals surface area (Å²) in [7, 11) is 0. The molecule has 1 unspecified atom stereocenters. The molecular formula is C13H17BrClN3S. The third kappa shape index (κ3) is 3.05. The van der Waals surface area contributed by atoms with Crippen LogP contribution in [0, 0.1) is 0 Å². The minimum absolute atomic E-state index is 0.0569. The van der Waals surface area contributed by atoms with E-state index in [9.17, 15) is 0 Å². The van der Waals surface area contributed by atoms with Crippen LogP contribution in [0.5, 0.6) is 0 Å². The Balaban J connectivity index is 2.28. The standard InChI is InChI=1S/C13H17BrClN3S/c1-3-10-12(15)11(18(4-2)17-10)7-9(16)13-8(14)5-6-19-13/h5-6,9H,3-4,7,16H2,1-2H3. The molecular weight excluding hydrogens is 346 g/mol. The number of aryl methyl sites for hydroxylation is 2. The van der Waals surface area contributed by atoms with Crippen molar-refractivity contribution >= 4 is 38.9 Å². The van der Waals surface area contributed by atoms with Crippen LogP contribution < -0.4 is 5.73 Å². The predicted octanol–water partition coefficient (Wildman–Crippen LogP) is 4.19. The van der Waals surface area contributed by atoms with Gasteiger partial charge in [0.2, 0.25) is 0 Å². The molecule has 2 N–H and O–H groups in total. The molecule has 0 aliphatic carbocycles. The van der Waals surface area contributed by atoms with E-state index in [-0.39, 0.29) is 6.04 Å². The van der Waals surface area contributed by atoms with E-state index in [1.54, 1.807) is 11.3 Å². The number of rotatable bonds is 5. The van der Waals surface area contributed by atoms with E-state index in [0.29, 0.717) is 6.42 Å². The van der Waals surface area contributed by atoms with Gasteiger partial charge in [-0.05, 0) is 40.7 Å². The number of hydrogen-bond donors (Lipinski definition) is 1. The zero-order chi connectivity index (χ0) is 14.0. The summed E-state index contributed by atoms with van der Waals surface area (Å²) in [4.78, 5) is 1.15. The average Bonchev–Trinajstić information content (AvgIpc) is 2.95. The summed E-state index contributed by atoms with van der Waals surface area (Å²) in [6.07, 6.45) is 1.55. The molecule has 1 atom stereocenters. The molecule has 6 heteroatoms. The van der Waals surface area contributed by atoms with Crippen molar-refractivity contribution in [3.8, 4) is 0 Å². The Labute approximate surface area is 130 Å². The largest absolute Gasteiger partial charge is 0.323 e. The van der Waals surface area contributed by atoms with E-state index in [0.717, 1.165) is 38.7 Å². The minimum Gasteiger partial charge on any atom is -0.323 e. The van der Waals surface area contributed by atoms with Gasteiger partial charge < -0.3 is 5.73 Å². The minimum atomic E-state index is -0.0569. The Morgan fingerprint density at radius 1 is 1.53 bits per heavy atom. The molecule has 0 aliphatic rings. The van der Waals surface area contributed by atoms with Gasteiger partial charge in [0, 0.05) is 28.4 Å². The third-order valence-electron chi connectivity index (χ3n) is 3.09. The molecule has 2 aromatic heterocycles. The zero-order valence-corrected chi connectivity index (χ0v) is 14.1. The van der Waals surface area contributed by atoms with Crippen LogP contribution in [0.25, 0.3) is 0 Å². The van der Waals surface area contributed by atoms with E-state index in [2.05, 4.69) is 34.9 Å². The second-order valence-electron chi connectivity index (χ2n) is 4.32. The van der Waals surface area contributed by atoms with Crippen molar-refractivity contribution in [3.63, 3.8) is 0 Å². The molecule has 0 amide bonds. The summed E-state index contributed by atoms with van der Waals surface area (Å²) in [5, 5.41) is 7.33. The fraction of sp³-hybridized carbons (Fsp3) is 0.462. The molecule has 0 aliphatic heterocycles. The number of halogens is 2. The summed E-state index contributed by atoms with van der Waals surface area (Å²) in [6.45, 7) is 4.94. The summed E-state index contributed by atoms with van der Waals surface area (Å²) >= 11 is 11.6. The Bertz CT molecular complexity index is 564. The second-order valence-corrected chi connectivity index (χ2v) is 6.50.